The Morgan fingerprint density at radius 2 is 1.84 bits per heavy atom. The van der Waals surface area contributed by atoms with Crippen molar-refractivity contribution < 1.29 is 18.3 Å². The second-order valence-corrected chi connectivity index (χ2v) is 5.97. The van der Waals surface area contributed by atoms with Gasteiger partial charge in [0.25, 0.3) is 0 Å². The van der Waals surface area contributed by atoms with Crippen LogP contribution in [0, 0.1) is 0 Å². The normalized spacial score (nSPS) is 14.6. The Bertz CT molecular complexity index is 857. The Balaban J connectivity index is 2.13. The number of alkyl halides is 3. The molecule has 0 fully saturated rings. The summed E-state index contributed by atoms with van der Waals surface area (Å²) < 4.78 is 41.1. The quantitative estimate of drug-likeness (QED) is 0.735. The molecule has 2 unspecified atom stereocenters. The Kier molecular flexibility index (Phi) is 4.83. The molecule has 1 aromatic heterocycles. The van der Waals surface area contributed by atoms with E-state index in [2.05, 4.69) is 5.32 Å². The third-order valence-corrected chi connectivity index (χ3v) is 4.26. The summed E-state index contributed by atoms with van der Waals surface area (Å²) in [7, 11) is 1.69. The molecule has 0 bridgehead atoms. The standard InChI is InChI=1S/C19H19F3N2O/c1-23-12-17(25)18(14-6-4-7-15(11-14)19(20,21)22)24-10-9-13-5-2-3-8-16(13)24/h2-11,17-18,23,25H,12H2,1H3. The van der Waals surface area contributed by atoms with Gasteiger partial charge in [0.2, 0.25) is 0 Å². The number of aromatic nitrogens is 1. The van der Waals surface area contributed by atoms with Gasteiger partial charge in [-0.1, -0.05) is 30.3 Å². The molecular weight excluding hydrogens is 329 g/mol. The van der Waals surface area contributed by atoms with Crippen LogP contribution in [-0.4, -0.2) is 29.4 Å². The molecule has 0 spiro atoms. The molecule has 3 rings (SSSR count). The lowest BCUT2D eigenvalue weighted by Gasteiger charge is -2.26. The molecule has 2 aromatic carbocycles. The van der Waals surface area contributed by atoms with Crippen molar-refractivity contribution in [3.8, 4) is 0 Å². The summed E-state index contributed by atoms with van der Waals surface area (Å²) in [6, 6.07) is 14.0. The molecular formula is C19H19F3N2O. The smallest absolute Gasteiger partial charge is 0.389 e. The van der Waals surface area contributed by atoms with Crippen LogP contribution in [0.1, 0.15) is 17.2 Å². The van der Waals surface area contributed by atoms with Gasteiger partial charge in [0.15, 0.2) is 0 Å². The lowest BCUT2D eigenvalue weighted by molar-refractivity contribution is -0.137. The number of hydrogen-bond acceptors (Lipinski definition) is 2. The first-order valence-electron chi connectivity index (χ1n) is 7.97. The Morgan fingerprint density at radius 3 is 2.56 bits per heavy atom. The largest absolute Gasteiger partial charge is 0.416 e. The van der Waals surface area contributed by atoms with Crippen LogP contribution < -0.4 is 5.32 Å². The molecule has 0 saturated heterocycles. The van der Waals surface area contributed by atoms with E-state index in [1.807, 2.05) is 34.9 Å². The Labute approximate surface area is 143 Å². The molecule has 0 saturated carbocycles. The number of hydrogen-bond donors (Lipinski definition) is 2. The zero-order valence-electron chi connectivity index (χ0n) is 13.7. The summed E-state index contributed by atoms with van der Waals surface area (Å²) in [4.78, 5) is 0. The van der Waals surface area contributed by atoms with Gasteiger partial charge in [-0.15, -0.1) is 0 Å². The topological polar surface area (TPSA) is 37.2 Å². The zero-order chi connectivity index (χ0) is 18.0. The van der Waals surface area contributed by atoms with Gasteiger partial charge in [-0.25, -0.2) is 0 Å². The summed E-state index contributed by atoms with van der Waals surface area (Å²) >= 11 is 0. The van der Waals surface area contributed by atoms with Gasteiger partial charge in [0.1, 0.15) is 0 Å². The van der Waals surface area contributed by atoms with Gasteiger partial charge < -0.3 is 15.0 Å². The van der Waals surface area contributed by atoms with Crippen LogP contribution in [0.15, 0.2) is 60.8 Å². The van der Waals surface area contributed by atoms with Crippen LogP contribution in [0.2, 0.25) is 0 Å². The third-order valence-electron chi connectivity index (χ3n) is 4.26. The van der Waals surface area contributed by atoms with Crippen molar-refractivity contribution in [2.45, 2.75) is 18.3 Å². The number of aliphatic hydroxyl groups excluding tert-OH is 1. The highest BCUT2D eigenvalue weighted by Crippen LogP contribution is 2.33. The maximum Gasteiger partial charge on any atom is 0.416 e. The first kappa shape index (κ1) is 17.5. The van der Waals surface area contributed by atoms with Gasteiger partial charge in [-0.3, -0.25) is 0 Å². The fourth-order valence-corrected chi connectivity index (χ4v) is 3.13. The van der Waals surface area contributed by atoms with E-state index in [9.17, 15) is 18.3 Å². The fourth-order valence-electron chi connectivity index (χ4n) is 3.13. The molecule has 25 heavy (non-hydrogen) atoms. The average molecular weight is 348 g/mol. The fraction of sp³-hybridized carbons (Fsp3) is 0.263. The number of likely N-dealkylation sites (N-methyl/N-ethyl adjacent to an activating group) is 1. The van der Waals surface area contributed by atoms with E-state index < -0.39 is 23.9 Å². The van der Waals surface area contributed by atoms with Crippen molar-refractivity contribution in [2.24, 2.45) is 0 Å². The van der Waals surface area contributed by atoms with Crippen molar-refractivity contribution >= 4 is 10.9 Å². The molecule has 2 atom stereocenters. The summed E-state index contributed by atoms with van der Waals surface area (Å²) in [6.07, 6.45) is -3.51. The molecule has 2 N–H and O–H groups in total. The summed E-state index contributed by atoms with van der Waals surface area (Å²) in [5.74, 6) is 0. The highest BCUT2D eigenvalue weighted by atomic mass is 19.4. The lowest BCUT2D eigenvalue weighted by Crippen LogP contribution is -2.33. The minimum absolute atomic E-state index is 0.257. The van der Waals surface area contributed by atoms with E-state index in [0.717, 1.165) is 23.0 Å². The van der Waals surface area contributed by atoms with Crippen LogP contribution in [0.5, 0.6) is 0 Å². The van der Waals surface area contributed by atoms with E-state index >= 15 is 0 Å². The molecule has 0 aliphatic carbocycles. The van der Waals surface area contributed by atoms with Crippen molar-refractivity contribution in [3.05, 3.63) is 71.9 Å². The van der Waals surface area contributed by atoms with Gasteiger partial charge >= 0.3 is 6.18 Å². The number of aliphatic hydroxyl groups is 1. The molecule has 0 amide bonds. The van der Waals surface area contributed by atoms with Crippen LogP contribution in [-0.2, 0) is 6.18 Å². The zero-order valence-corrected chi connectivity index (χ0v) is 13.7. The lowest BCUT2D eigenvalue weighted by atomic mass is 9.98. The average Bonchev–Trinajstić information content (AvgIpc) is 2.99. The van der Waals surface area contributed by atoms with Crippen LogP contribution >= 0.6 is 0 Å². The highest BCUT2D eigenvalue weighted by Gasteiger charge is 2.32. The predicted molar refractivity (Wildman–Crippen MR) is 91.5 cm³/mol. The van der Waals surface area contributed by atoms with Crippen molar-refractivity contribution in [3.63, 3.8) is 0 Å². The van der Waals surface area contributed by atoms with E-state index in [-0.39, 0.29) is 6.54 Å². The molecule has 3 nitrogen and oxygen atoms in total. The van der Waals surface area contributed by atoms with Crippen LogP contribution in [0.3, 0.4) is 0 Å². The Hall–Kier alpha value is -2.31. The number of rotatable bonds is 5. The molecule has 0 aliphatic heterocycles. The van der Waals surface area contributed by atoms with Crippen molar-refractivity contribution in [1.82, 2.24) is 9.88 Å². The molecule has 132 valence electrons. The molecule has 0 radical (unpaired) electrons. The number of nitrogens with zero attached hydrogens (tertiary/aromatic N) is 1. The van der Waals surface area contributed by atoms with Crippen LogP contribution in [0.4, 0.5) is 13.2 Å². The van der Waals surface area contributed by atoms with E-state index in [1.54, 1.807) is 19.3 Å². The van der Waals surface area contributed by atoms with E-state index in [4.69, 9.17) is 0 Å². The van der Waals surface area contributed by atoms with E-state index in [0.29, 0.717) is 5.56 Å². The van der Waals surface area contributed by atoms with E-state index in [1.165, 1.54) is 6.07 Å². The maximum atomic E-state index is 13.1. The van der Waals surface area contributed by atoms with Gasteiger partial charge in [0, 0.05) is 18.3 Å². The minimum Gasteiger partial charge on any atom is -0.389 e. The van der Waals surface area contributed by atoms with Gasteiger partial charge in [-0.2, -0.15) is 13.2 Å². The second-order valence-electron chi connectivity index (χ2n) is 5.97. The molecule has 3 aromatic rings. The molecule has 0 aliphatic rings. The summed E-state index contributed by atoms with van der Waals surface area (Å²) in [6.45, 7) is 0.257. The Morgan fingerprint density at radius 1 is 1.08 bits per heavy atom. The van der Waals surface area contributed by atoms with Gasteiger partial charge in [-0.05, 0) is 42.3 Å². The number of halogens is 3. The number of fused-ring (bicyclic) bond motifs is 1. The third kappa shape index (κ3) is 3.55. The number of nitrogens with one attached hydrogen (secondary N) is 1. The monoisotopic (exact) mass is 348 g/mol. The van der Waals surface area contributed by atoms with Crippen molar-refractivity contribution in [2.75, 3.05) is 13.6 Å². The highest BCUT2D eigenvalue weighted by molar-refractivity contribution is 5.80. The number of benzene rings is 2. The predicted octanol–water partition coefficient (Wildman–Crippen LogP) is 3.83. The first-order chi connectivity index (χ1) is 11.9. The second kappa shape index (κ2) is 6.90. The number of para-hydroxylation sites is 1. The molecule has 6 heteroatoms. The molecule has 1 heterocycles. The maximum absolute atomic E-state index is 13.1. The van der Waals surface area contributed by atoms with Crippen molar-refractivity contribution in [1.29, 1.82) is 0 Å². The minimum atomic E-state index is -4.42. The first-order valence-corrected chi connectivity index (χ1v) is 7.97. The SMILES string of the molecule is CNCC(O)C(c1cccc(C(F)(F)F)c1)n1ccc2ccccc21. The van der Waals surface area contributed by atoms with Gasteiger partial charge in [0.05, 0.1) is 17.7 Å². The summed E-state index contributed by atoms with van der Waals surface area (Å²) in [5.41, 5.74) is 0.558. The van der Waals surface area contributed by atoms with Crippen LogP contribution in [0.25, 0.3) is 10.9 Å². The summed E-state index contributed by atoms with van der Waals surface area (Å²) in [5, 5.41) is 14.5.